The summed E-state index contributed by atoms with van der Waals surface area (Å²) in [4.78, 5) is 54.2. The number of hydrogen-bond acceptors (Lipinski definition) is 9. The Hall–Kier alpha value is -3.81. The molecule has 0 radical (unpaired) electrons. The van der Waals surface area contributed by atoms with Gasteiger partial charge in [-0.2, -0.15) is 0 Å². The summed E-state index contributed by atoms with van der Waals surface area (Å²) in [5.74, 6) is -4.94. The van der Waals surface area contributed by atoms with Gasteiger partial charge < -0.3 is 35.9 Å². The molecule has 1 aliphatic heterocycles. The van der Waals surface area contributed by atoms with Crippen LogP contribution in [0.3, 0.4) is 0 Å². The summed E-state index contributed by atoms with van der Waals surface area (Å²) in [5, 5.41) is 24.8. The summed E-state index contributed by atoms with van der Waals surface area (Å²) in [5.41, 5.74) is 6.96. The van der Waals surface area contributed by atoms with Gasteiger partial charge in [-0.05, 0) is 31.4 Å². The Labute approximate surface area is 220 Å². The predicted molar refractivity (Wildman–Crippen MR) is 136 cm³/mol. The van der Waals surface area contributed by atoms with Gasteiger partial charge in [-0.15, -0.1) is 0 Å². The van der Waals surface area contributed by atoms with E-state index in [0.29, 0.717) is 5.69 Å². The van der Waals surface area contributed by atoms with Gasteiger partial charge in [0.25, 0.3) is 5.91 Å². The zero-order chi connectivity index (χ0) is 28.0. The summed E-state index contributed by atoms with van der Waals surface area (Å²) in [6.45, 7) is 5.00. The molecule has 0 bridgehead atoms. The monoisotopic (exact) mass is 526 g/mol. The van der Waals surface area contributed by atoms with Gasteiger partial charge in [-0.25, -0.2) is 9.78 Å². The van der Waals surface area contributed by atoms with Crippen molar-refractivity contribution >= 4 is 30.9 Å². The topological polar surface area (TPSA) is 190 Å². The minimum Gasteiger partial charge on any atom is -0.507 e. The number of carbonyl (C=O) groups is 4. The number of hydrogen-bond donors (Lipinski definition) is 5. The first-order chi connectivity index (χ1) is 18.0. The van der Waals surface area contributed by atoms with Gasteiger partial charge in [0.05, 0.1) is 17.7 Å². The molecule has 3 rings (SSSR count). The van der Waals surface area contributed by atoms with Crippen LogP contribution >= 0.6 is 0 Å². The highest BCUT2D eigenvalue weighted by Crippen LogP contribution is 2.19. The zero-order valence-corrected chi connectivity index (χ0v) is 21.2. The van der Waals surface area contributed by atoms with E-state index in [2.05, 4.69) is 15.6 Å². The third-order valence-corrected chi connectivity index (χ3v) is 5.84. The van der Waals surface area contributed by atoms with E-state index in [4.69, 9.17) is 15.0 Å². The number of pyridine rings is 1. The second-order valence-corrected chi connectivity index (χ2v) is 9.44. The van der Waals surface area contributed by atoms with E-state index in [1.54, 1.807) is 12.1 Å². The van der Waals surface area contributed by atoms with Crippen molar-refractivity contribution in [2.45, 2.75) is 57.4 Å². The maximum Gasteiger partial charge on any atom is 0.552 e. The molecule has 202 valence electrons. The van der Waals surface area contributed by atoms with Gasteiger partial charge in [0.1, 0.15) is 17.8 Å². The van der Waals surface area contributed by atoms with Crippen LogP contribution in [-0.4, -0.2) is 76.3 Å². The van der Waals surface area contributed by atoms with E-state index in [-0.39, 0.29) is 18.0 Å². The number of nitrogens with two attached hydrogens (primary N) is 1. The third-order valence-electron chi connectivity index (χ3n) is 5.84. The van der Waals surface area contributed by atoms with E-state index in [1.807, 2.05) is 44.2 Å². The Kier molecular flexibility index (Phi) is 9.56. The number of benzene rings is 1. The number of aliphatic carboxylic acids is 1. The summed E-state index contributed by atoms with van der Waals surface area (Å²) >= 11 is 0. The Balaban J connectivity index is 1.77. The van der Waals surface area contributed by atoms with Gasteiger partial charge in [0, 0.05) is 5.56 Å². The lowest BCUT2D eigenvalue weighted by atomic mass is 9.72. The van der Waals surface area contributed by atoms with Crippen LogP contribution < -0.4 is 16.4 Å². The van der Waals surface area contributed by atoms with Gasteiger partial charge in [0.15, 0.2) is 6.10 Å². The normalized spacial score (nSPS) is 19.7. The smallest absolute Gasteiger partial charge is 0.507 e. The quantitative estimate of drug-likeness (QED) is 0.266. The van der Waals surface area contributed by atoms with Crippen LogP contribution in [-0.2, 0) is 23.7 Å². The minimum atomic E-state index is -1.66. The fourth-order valence-electron chi connectivity index (χ4n) is 3.93. The van der Waals surface area contributed by atoms with E-state index in [9.17, 15) is 29.4 Å². The van der Waals surface area contributed by atoms with Crippen LogP contribution in [0.2, 0.25) is 0 Å². The van der Waals surface area contributed by atoms with Crippen molar-refractivity contribution in [1.82, 2.24) is 15.6 Å². The first-order valence-electron chi connectivity index (χ1n) is 12.1. The maximum absolute atomic E-state index is 13.2. The second kappa shape index (κ2) is 12.6. The SMILES string of the molecule is CC(C)CC(NC(=O)C(NC(=O)c1cccc(-c2ccccc2)n1)C(C)O)B1OC(=O)[C@H](N)[C@H](C(=O)O)O1. The Morgan fingerprint density at radius 2 is 1.76 bits per heavy atom. The molecule has 2 amide bonds. The number of aliphatic hydroxyl groups excluding tert-OH is 1. The lowest BCUT2D eigenvalue weighted by Gasteiger charge is -2.34. The van der Waals surface area contributed by atoms with Crippen molar-refractivity contribution in [3.05, 3.63) is 54.2 Å². The van der Waals surface area contributed by atoms with E-state index in [1.165, 1.54) is 13.0 Å². The lowest BCUT2D eigenvalue weighted by Crippen LogP contribution is -2.64. The average Bonchev–Trinajstić information content (AvgIpc) is 2.88. The number of nitrogens with zero attached hydrogens (tertiary/aromatic N) is 1. The van der Waals surface area contributed by atoms with Gasteiger partial charge >= 0.3 is 19.1 Å². The van der Waals surface area contributed by atoms with Crippen molar-refractivity contribution in [1.29, 1.82) is 0 Å². The number of carboxylic acid groups (broad SMARTS) is 1. The number of nitrogens with one attached hydrogen (secondary N) is 2. The van der Waals surface area contributed by atoms with Crippen LogP contribution in [0.4, 0.5) is 0 Å². The van der Waals surface area contributed by atoms with Crippen molar-refractivity contribution < 1.29 is 38.7 Å². The molecule has 13 heteroatoms. The highest BCUT2D eigenvalue weighted by atomic mass is 16.6. The van der Waals surface area contributed by atoms with Crippen molar-refractivity contribution in [2.75, 3.05) is 0 Å². The Bertz CT molecular complexity index is 1160. The molecule has 3 unspecified atom stereocenters. The fourth-order valence-corrected chi connectivity index (χ4v) is 3.93. The number of rotatable bonds is 10. The number of carboxylic acids is 1. The predicted octanol–water partition coefficient (Wildman–Crippen LogP) is 0.140. The van der Waals surface area contributed by atoms with Gasteiger partial charge in [0.2, 0.25) is 5.91 Å². The summed E-state index contributed by atoms with van der Waals surface area (Å²) in [6, 6.07) is 11.1. The van der Waals surface area contributed by atoms with Crippen LogP contribution in [0.15, 0.2) is 48.5 Å². The highest BCUT2D eigenvalue weighted by molar-refractivity contribution is 6.50. The van der Waals surface area contributed by atoms with Gasteiger partial charge in [-0.3, -0.25) is 14.4 Å². The minimum absolute atomic E-state index is 0.0337. The molecule has 0 spiro atoms. The first kappa shape index (κ1) is 28.8. The van der Waals surface area contributed by atoms with Crippen molar-refractivity contribution in [3.8, 4) is 11.3 Å². The lowest BCUT2D eigenvalue weighted by molar-refractivity contribution is -0.159. The first-order valence-corrected chi connectivity index (χ1v) is 12.1. The Morgan fingerprint density at radius 1 is 1.08 bits per heavy atom. The number of aliphatic hydroxyl groups is 1. The molecule has 6 N–H and O–H groups in total. The van der Waals surface area contributed by atoms with Crippen molar-refractivity contribution in [2.24, 2.45) is 11.7 Å². The molecule has 38 heavy (non-hydrogen) atoms. The van der Waals surface area contributed by atoms with Crippen LogP contribution in [0.25, 0.3) is 11.3 Å². The molecular weight excluding hydrogens is 495 g/mol. The van der Waals surface area contributed by atoms with Gasteiger partial charge in [-0.1, -0.05) is 50.2 Å². The van der Waals surface area contributed by atoms with Crippen LogP contribution in [0.1, 0.15) is 37.7 Å². The molecule has 0 saturated carbocycles. The molecule has 2 heterocycles. The van der Waals surface area contributed by atoms with E-state index < -0.39 is 61.1 Å². The third kappa shape index (κ3) is 7.15. The maximum atomic E-state index is 13.2. The van der Waals surface area contributed by atoms with Crippen LogP contribution in [0, 0.1) is 5.92 Å². The molecule has 1 aromatic carbocycles. The molecule has 1 saturated heterocycles. The molecule has 12 nitrogen and oxygen atoms in total. The molecule has 5 atom stereocenters. The van der Waals surface area contributed by atoms with Crippen LogP contribution in [0.5, 0.6) is 0 Å². The average molecular weight is 526 g/mol. The largest absolute Gasteiger partial charge is 0.552 e. The number of carbonyl (C=O) groups excluding carboxylic acids is 3. The summed E-state index contributed by atoms with van der Waals surface area (Å²) in [7, 11) is -1.44. The van der Waals surface area contributed by atoms with Crippen molar-refractivity contribution in [3.63, 3.8) is 0 Å². The summed E-state index contributed by atoms with van der Waals surface area (Å²) < 4.78 is 10.6. The van der Waals surface area contributed by atoms with E-state index >= 15 is 0 Å². The second-order valence-electron chi connectivity index (χ2n) is 9.44. The number of aromatic nitrogens is 1. The summed E-state index contributed by atoms with van der Waals surface area (Å²) in [6.07, 6.45) is -2.75. The Morgan fingerprint density at radius 3 is 2.37 bits per heavy atom. The zero-order valence-electron chi connectivity index (χ0n) is 21.2. The molecular formula is C25H31BN4O8. The van der Waals surface area contributed by atoms with E-state index in [0.717, 1.165) is 5.56 Å². The fraction of sp³-hybridized carbons (Fsp3) is 0.400. The molecule has 1 aliphatic rings. The number of amides is 2. The molecule has 2 aromatic rings. The highest BCUT2D eigenvalue weighted by Gasteiger charge is 2.49. The molecule has 1 fully saturated rings. The molecule has 0 aliphatic carbocycles. The standard InChI is InChI=1S/C25H31BN4O8/c1-13(2)12-18(26-37-21(24(34)35)19(27)25(36)38-26)29-23(33)20(14(3)31)30-22(32)17-11-7-10-16(28-17)15-8-5-4-6-9-15/h4-11,13-14,18-21,31H,12,27H2,1-3H3,(H,29,33)(H,30,32)(H,34,35)/t14?,18?,19-,20?,21-/m1/s1. The molecule has 1 aromatic heterocycles.